The van der Waals surface area contributed by atoms with Crippen molar-refractivity contribution in [1.29, 1.82) is 0 Å². The zero-order valence-electron chi connectivity index (χ0n) is 24.8. The van der Waals surface area contributed by atoms with Crippen molar-refractivity contribution in [2.45, 2.75) is 108 Å². The van der Waals surface area contributed by atoms with Crippen molar-refractivity contribution in [3.05, 3.63) is 0 Å². The van der Waals surface area contributed by atoms with Gasteiger partial charge in [0.1, 0.15) is 30.9 Å². The average molecular weight is 637 g/mol. The number of carbonyl (C=O) groups excluding carboxylic acids is 7. The molecule has 0 N–H and O–H groups in total. The summed E-state index contributed by atoms with van der Waals surface area (Å²) in [6.45, 7) is 7.15. The van der Waals surface area contributed by atoms with Gasteiger partial charge in [-0.25, -0.2) is 0 Å². The number of hydrogen-bond acceptors (Lipinski definition) is 17. The number of esters is 7. The van der Waals surface area contributed by atoms with Crippen molar-refractivity contribution in [1.82, 2.24) is 0 Å². The highest BCUT2D eigenvalue weighted by Crippen LogP contribution is 2.41. The maximum Gasteiger partial charge on any atom is 0.305 e. The van der Waals surface area contributed by atoms with E-state index in [4.69, 9.17) is 42.6 Å². The Kier molecular flexibility index (Phi) is 13.7. The fourth-order valence-corrected chi connectivity index (χ4v) is 5.92. The van der Waals surface area contributed by atoms with Gasteiger partial charge in [0, 0.05) is 60.1 Å². The molecule has 9 atom stereocenters. The van der Waals surface area contributed by atoms with Crippen LogP contribution in [0, 0.1) is 0 Å². The van der Waals surface area contributed by atoms with Gasteiger partial charge >= 0.3 is 41.8 Å². The van der Waals surface area contributed by atoms with Crippen LogP contribution >= 0.6 is 11.8 Å². The molecule has 2 saturated heterocycles. The summed E-state index contributed by atoms with van der Waals surface area (Å²) in [6.07, 6.45) is -8.78. The van der Waals surface area contributed by atoms with Gasteiger partial charge in [0.2, 0.25) is 6.29 Å². The van der Waals surface area contributed by atoms with Crippen LogP contribution < -0.4 is 0 Å². The second kappa shape index (κ2) is 16.4. The van der Waals surface area contributed by atoms with Crippen LogP contribution in [-0.2, 0) is 76.2 Å². The summed E-state index contributed by atoms with van der Waals surface area (Å²) in [6, 6.07) is 0. The summed E-state index contributed by atoms with van der Waals surface area (Å²) in [5.41, 5.74) is -1.20. The summed E-state index contributed by atoms with van der Waals surface area (Å²) in [5.74, 6) is -5.10. The predicted octanol–water partition coefficient (Wildman–Crippen LogP) is 0.344. The van der Waals surface area contributed by atoms with Crippen LogP contribution in [0.2, 0.25) is 0 Å². The largest absolute Gasteiger partial charge is 0.463 e. The molecule has 2 aliphatic heterocycles. The number of carbonyl (C=O) groups is 7. The maximum absolute atomic E-state index is 12.2. The van der Waals surface area contributed by atoms with Crippen molar-refractivity contribution in [3.63, 3.8) is 0 Å². The molecule has 16 nitrogen and oxygen atoms in total. The smallest absolute Gasteiger partial charge is 0.305 e. The van der Waals surface area contributed by atoms with E-state index in [9.17, 15) is 33.6 Å². The molecule has 0 saturated carbocycles. The maximum atomic E-state index is 12.2. The number of rotatable bonds is 11. The Morgan fingerprint density at radius 1 is 0.558 bits per heavy atom. The summed E-state index contributed by atoms with van der Waals surface area (Å²) < 4.78 is 49.2. The summed E-state index contributed by atoms with van der Waals surface area (Å²) in [4.78, 5) is 83.1. The lowest BCUT2D eigenvalue weighted by molar-refractivity contribution is -0.246. The third-order valence-electron chi connectivity index (χ3n) is 5.80. The second-order valence-electron chi connectivity index (χ2n) is 9.58. The van der Waals surface area contributed by atoms with Crippen LogP contribution in [0.1, 0.15) is 54.9 Å². The quantitative estimate of drug-likeness (QED) is 0.222. The van der Waals surface area contributed by atoms with Crippen molar-refractivity contribution in [3.8, 4) is 0 Å². The van der Waals surface area contributed by atoms with Crippen molar-refractivity contribution in [2.75, 3.05) is 13.2 Å². The first-order valence-corrected chi connectivity index (χ1v) is 14.1. The van der Waals surface area contributed by atoms with E-state index in [0.29, 0.717) is 0 Å². The molecule has 43 heavy (non-hydrogen) atoms. The van der Waals surface area contributed by atoms with Gasteiger partial charge in [0.05, 0.1) is 0 Å². The van der Waals surface area contributed by atoms with Gasteiger partial charge in [-0.15, -0.1) is 11.8 Å². The average Bonchev–Trinajstić information content (AvgIpc) is 2.85. The molecule has 0 aromatic carbocycles. The lowest BCUT2D eigenvalue weighted by Crippen LogP contribution is -2.62. The van der Waals surface area contributed by atoms with Crippen molar-refractivity contribution >= 4 is 53.5 Å². The predicted molar refractivity (Wildman–Crippen MR) is 141 cm³/mol. The lowest BCUT2D eigenvalue weighted by Gasteiger charge is -2.46. The van der Waals surface area contributed by atoms with Crippen LogP contribution in [-0.4, -0.2) is 109 Å². The zero-order valence-corrected chi connectivity index (χ0v) is 25.6. The normalized spacial score (nSPS) is 30.2. The molecule has 0 spiro atoms. The molecule has 17 heteroatoms. The fraction of sp³-hybridized carbons (Fsp3) is 0.731. The van der Waals surface area contributed by atoms with Gasteiger partial charge < -0.3 is 42.6 Å². The molecule has 0 aromatic rings. The highest BCUT2D eigenvalue weighted by atomic mass is 32.2. The van der Waals surface area contributed by atoms with E-state index in [2.05, 4.69) is 0 Å². The summed E-state index contributed by atoms with van der Waals surface area (Å²) in [5, 5.41) is -0.754. The van der Waals surface area contributed by atoms with E-state index in [0.717, 1.165) is 53.3 Å². The molecule has 2 fully saturated rings. The second-order valence-corrected chi connectivity index (χ2v) is 10.9. The van der Waals surface area contributed by atoms with E-state index in [-0.39, 0.29) is 13.0 Å². The van der Waals surface area contributed by atoms with E-state index < -0.39 is 102 Å². The SMILES string of the molecule is CC(=O)OC[C@H]1O[C@@H](S[C@H]2C[C@@H](OC(C)=O)C(OC(C)=O)O[C@@H]2COC(C)=O)[C@H](OC(C)=O)[C@@H](OC(C)=O)[C@H]1OC(C)=O. The van der Waals surface area contributed by atoms with Gasteiger partial charge in [-0.05, 0) is 0 Å². The van der Waals surface area contributed by atoms with Crippen molar-refractivity contribution < 1.29 is 76.2 Å². The molecule has 0 amide bonds. The van der Waals surface area contributed by atoms with Crippen LogP contribution in [0.15, 0.2) is 0 Å². The van der Waals surface area contributed by atoms with Crippen LogP contribution in [0.5, 0.6) is 0 Å². The molecule has 242 valence electrons. The summed E-state index contributed by atoms with van der Waals surface area (Å²) >= 11 is 0.973. The highest BCUT2D eigenvalue weighted by molar-refractivity contribution is 8.00. The number of hydrogen-bond donors (Lipinski definition) is 0. The van der Waals surface area contributed by atoms with Crippen LogP contribution in [0.25, 0.3) is 0 Å². The molecule has 0 bridgehead atoms. The molecule has 2 rings (SSSR count). The van der Waals surface area contributed by atoms with E-state index in [1.807, 2.05) is 0 Å². The number of ether oxygens (including phenoxy) is 9. The molecule has 0 aliphatic carbocycles. The first-order valence-electron chi connectivity index (χ1n) is 13.2. The monoisotopic (exact) mass is 636 g/mol. The summed E-state index contributed by atoms with van der Waals surface area (Å²) in [7, 11) is 0. The Labute approximate surface area is 251 Å². The molecular weight excluding hydrogens is 600 g/mol. The van der Waals surface area contributed by atoms with Gasteiger partial charge in [-0.1, -0.05) is 0 Å². The minimum atomic E-state index is -1.41. The van der Waals surface area contributed by atoms with Gasteiger partial charge in [0.25, 0.3) is 0 Å². The van der Waals surface area contributed by atoms with Crippen molar-refractivity contribution in [2.24, 2.45) is 0 Å². The molecule has 2 heterocycles. The lowest BCUT2D eigenvalue weighted by atomic mass is 9.99. The molecule has 0 aromatic heterocycles. The highest BCUT2D eigenvalue weighted by Gasteiger charge is 2.54. The van der Waals surface area contributed by atoms with Crippen LogP contribution in [0.4, 0.5) is 0 Å². The van der Waals surface area contributed by atoms with E-state index in [1.165, 1.54) is 6.92 Å². The van der Waals surface area contributed by atoms with Crippen LogP contribution in [0.3, 0.4) is 0 Å². The Morgan fingerprint density at radius 3 is 1.51 bits per heavy atom. The van der Waals surface area contributed by atoms with E-state index >= 15 is 0 Å². The Hall–Kier alpha value is -3.44. The Bertz CT molecular complexity index is 1060. The topological polar surface area (TPSA) is 203 Å². The minimum absolute atomic E-state index is 0.0268. The zero-order chi connectivity index (χ0) is 32.4. The fourth-order valence-electron chi connectivity index (χ4n) is 4.38. The van der Waals surface area contributed by atoms with Gasteiger partial charge in [-0.3, -0.25) is 33.6 Å². The Morgan fingerprint density at radius 2 is 1.02 bits per heavy atom. The third-order valence-corrected chi connectivity index (χ3v) is 7.29. The first kappa shape index (κ1) is 35.8. The number of thioether (sulfide) groups is 1. The molecule has 2 aliphatic rings. The van der Waals surface area contributed by atoms with Gasteiger partial charge in [-0.2, -0.15) is 0 Å². The Balaban J connectivity index is 2.53. The molecular formula is C26H36O16S. The third kappa shape index (κ3) is 11.6. The minimum Gasteiger partial charge on any atom is -0.463 e. The first-order chi connectivity index (χ1) is 20.1. The molecule has 0 radical (unpaired) electrons. The standard InChI is InChI=1S/C26H36O16S/c1-11(27)34-9-19-21(8-18(36-13(3)29)25(41-19)40-17(7)33)43-26-24(39-16(6)32)23(38-15(5)31)22(37-14(4)30)20(42-26)10-35-12(2)28/h18-26H,8-10H2,1-7H3/t18-,19-,20-,21+,22+,23+,24-,25?,26+/m1/s1. The molecule has 1 unspecified atom stereocenters. The van der Waals surface area contributed by atoms with E-state index in [1.54, 1.807) is 0 Å². The van der Waals surface area contributed by atoms with Gasteiger partial charge in [0.15, 0.2) is 24.4 Å².